The van der Waals surface area contributed by atoms with Crippen molar-refractivity contribution in [3.63, 3.8) is 0 Å². The molecule has 0 fully saturated rings. The third-order valence-electron chi connectivity index (χ3n) is 3.42. The predicted molar refractivity (Wildman–Crippen MR) is 80.9 cm³/mol. The van der Waals surface area contributed by atoms with E-state index in [-0.39, 0.29) is 0 Å². The van der Waals surface area contributed by atoms with Gasteiger partial charge in [0.25, 0.3) is 0 Å². The molecule has 0 amide bonds. The molecule has 0 unspecified atom stereocenters. The van der Waals surface area contributed by atoms with Crippen molar-refractivity contribution in [2.75, 3.05) is 0 Å². The first-order valence-electron chi connectivity index (χ1n) is 7.10. The molecular formula is C17H23N. The largest absolute Gasteiger partial charge is 0.344 e. The molecule has 1 aromatic carbocycles. The summed E-state index contributed by atoms with van der Waals surface area (Å²) >= 11 is 0. The van der Waals surface area contributed by atoms with Gasteiger partial charge in [0.2, 0.25) is 0 Å². The number of aromatic nitrogens is 1. The van der Waals surface area contributed by atoms with Gasteiger partial charge in [-0.2, -0.15) is 0 Å². The Hall–Kier alpha value is -1.50. The molecule has 0 N–H and O–H groups in total. The molecular weight excluding hydrogens is 218 g/mol. The lowest BCUT2D eigenvalue weighted by atomic mass is 10.1. The number of benzene rings is 1. The van der Waals surface area contributed by atoms with E-state index in [2.05, 4.69) is 61.8 Å². The average molecular weight is 241 g/mol. The van der Waals surface area contributed by atoms with E-state index in [0.717, 1.165) is 19.4 Å². The summed E-state index contributed by atoms with van der Waals surface area (Å²) in [4.78, 5) is 0. The molecule has 96 valence electrons. The van der Waals surface area contributed by atoms with Gasteiger partial charge in [-0.3, -0.25) is 0 Å². The van der Waals surface area contributed by atoms with Gasteiger partial charge < -0.3 is 4.57 Å². The summed E-state index contributed by atoms with van der Waals surface area (Å²) in [5.74, 6) is 0. The number of nitrogens with zero attached hydrogens (tertiary/aromatic N) is 1. The van der Waals surface area contributed by atoms with Crippen LogP contribution in [0, 0.1) is 0 Å². The van der Waals surface area contributed by atoms with E-state index in [1.165, 1.54) is 28.6 Å². The molecule has 1 heterocycles. The molecule has 1 heteroatoms. The van der Waals surface area contributed by atoms with Gasteiger partial charge in [-0.25, -0.2) is 0 Å². The number of rotatable bonds is 5. The fraction of sp³-hybridized carbons (Fsp3) is 0.412. The van der Waals surface area contributed by atoms with Crippen molar-refractivity contribution in [3.05, 3.63) is 41.6 Å². The second-order valence-corrected chi connectivity index (χ2v) is 4.69. The Morgan fingerprint density at radius 3 is 2.56 bits per heavy atom. The highest BCUT2D eigenvalue weighted by atomic mass is 15.0. The van der Waals surface area contributed by atoms with Crippen LogP contribution in [-0.4, -0.2) is 4.57 Å². The van der Waals surface area contributed by atoms with Crippen LogP contribution in [0.5, 0.6) is 0 Å². The molecule has 0 aliphatic rings. The van der Waals surface area contributed by atoms with Gasteiger partial charge in [0.15, 0.2) is 0 Å². The molecule has 0 atom stereocenters. The number of fused-ring (bicyclic) bond motifs is 1. The van der Waals surface area contributed by atoms with Crippen LogP contribution in [0.4, 0.5) is 0 Å². The Morgan fingerprint density at radius 2 is 1.89 bits per heavy atom. The van der Waals surface area contributed by atoms with E-state index in [4.69, 9.17) is 0 Å². The minimum atomic E-state index is 1.09. The van der Waals surface area contributed by atoms with Crippen LogP contribution >= 0.6 is 0 Å². The van der Waals surface area contributed by atoms with Crippen LogP contribution in [-0.2, 0) is 13.0 Å². The summed E-state index contributed by atoms with van der Waals surface area (Å²) in [7, 11) is 0. The van der Waals surface area contributed by atoms with Crippen molar-refractivity contribution < 1.29 is 0 Å². The lowest BCUT2D eigenvalue weighted by Crippen LogP contribution is -2.01. The third kappa shape index (κ3) is 2.22. The van der Waals surface area contributed by atoms with Crippen LogP contribution < -0.4 is 0 Å². The number of allylic oxidation sites excluding steroid dienone is 1. The Balaban J connectivity index is 2.69. The molecule has 0 bridgehead atoms. The highest BCUT2D eigenvalue weighted by molar-refractivity contribution is 5.91. The maximum absolute atomic E-state index is 2.49. The van der Waals surface area contributed by atoms with Crippen molar-refractivity contribution in [1.29, 1.82) is 0 Å². The molecule has 2 aromatic rings. The summed E-state index contributed by atoms with van der Waals surface area (Å²) < 4.78 is 2.49. The smallest absolute Gasteiger partial charge is 0.0488 e. The van der Waals surface area contributed by atoms with Gasteiger partial charge in [-0.05, 0) is 25.3 Å². The maximum Gasteiger partial charge on any atom is 0.0488 e. The first-order chi connectivity index (χ1) is 8.83. The molecule has 18 heavy (non-hydrogen) atoms. The topological polar surface area (TPSA) is 4.93 Å². The summed E-state index contributed by atoms with van der Waals surface area (Å²) in [5.41, 5.74) is 4.28. The van der Waals surface area contributed by atoms with Crippen molar-refractivity contribution in [2.45, 2.75) is 46.6 Å². The predicted octanol–water partition coefficient (Wildman–Crippen LogP) is 5.04. The minimum Gasteiger partial charge on any atom is -0.344 e. The molecule has 2 rings (SSSR count). The van der Waals surface area contributed by atoms with Crippen LogP contribution in [0.15, 0.2) is 30.3 Å². The van der Waals surface area contributed by atoms with Gasteiger partial charge in [0.1, 0.15) is 0 Å². The first-order valence-corrected chi connectivity index (χ1v) is 7.10. The summed E-state index contributed by atoms with van der Waals surface area (Å²) in [6.45, 7) is 7.80. The number of hydrogen-bond donors (Lipinski definition) is 0. The fourth-order valence-corrected chi connectivity index (χ4v) is 2.67. The second-order valence-electron chi connectivity index (χ2n) is 4.69. The van der Waals surface area contributed by atoms with Crippen LogP contribution in [0.25, 0.3) is 17.0 Å². The highest BCUT2D eigenvalue weighted by Gasteiger charge is 2.12. The number of aryl methyl sites for hydroxylation is 1. The maximum atomic E-state index is 2.49. The lowest BCUT2D eigenvalue weighted by Gasteiger charge is -2.08. The summed E-state index contributed by atoms with van der Waals surface area (Å²) in [6, 6.07) is 8.77. The number of para-hydroxylation sites is 1. The van der Waals surface area contributed by atoms with Gasteiger partial charge in [0, 0.05) is 28.7 Å². The van der Waals surface area contributed by atoms with E-state index in [9.17, 15) is 0 Å². The molecule has 1 aromatic heterocycles. The van der Waals surface area contributed by atoms with E-state index >= 15 is 0 Å². The molecule has 0 aliphatic carbocycles. The van der Waals surface area contributed by atoms with Crippen LogP contribution in [0.2, 0.25) is 0 Å². The summed E-state index contributed by atoms with van der Waals surface area (Å²) in [5, 5.41) is 1.40. The van der Waals surface area contributed by atoms with Crippen LogP contribution in [0.3, 0.4) is 0 Å². The molecule has 1 nitrogen and oxygen atoms in total. The molecule has 0 radical (unpaired) electrons. The Labute approximate surface area is 110 Å². The van der Waals surface area contributed by atoms with Crippen molar-refractivity contribution in [1.82, 2.24) is 4.57 Å². The van der Waals surface area contributed by atoms with E-state index < -0.39 is 0 Å². The molecule has 0 spiro atoms. The number of hydrogen-bond acceptors (Lipinski definition) is 0. The zero-order valence-corrected chi connectivity index (χ0v) is 11.7. The second kappa shape index (κ2) is 5.90. The zero-order chi connectivity index (χ0) is 13.0. The Bertz CT molecular complexity index is 546. The molecule has 0 aliphatic heterocycles. The Morgan fingerprint density at radius 1 is 1.11 bits per heavy atom. The first kappa shape index (κ1) is 12.9. The lowest BCUT2D eigenvalue weighted by molar-refractivity contribution is 0.671. The quantitative estimate of drug-likeness (QED) is 0.691. The van der Waals surface area contributed by atoms with E-state index in [0.29, 0.717) is 0 Å². The monoisotopic (exact) mass is 241 g/mol. The normalized spacial score (nSPS) is 11.7. The van der Waals surface area contributed by atoms with Crippen LogP contribution in [0.1, 0.15) is 44.9 Å². The SMILES string of the molecule is CC/C=C\c1c(CC)n(CCC)c2ccccc12. The minimum absolute atomic E-state index is 1.09. The standard InChI is InChI=1S/C17H23N/c1-4-7-10-14-15-11-8-9-12-17(15)18(13-5-2)16(14)6-3/h7-12H,4-6,13H2,1-3H3/b10-7-. The zero-order valence-electron chi connectivity index (χ0n) is 11.7. The molecule has 0 saturated heterocycles. The van der Waals surface area contributed by atoms with E-state index in [1.807, 2.05) is 0 Å². The third-order valence-corrected chi connectivity index (χ3v) is 3.42. The van der Waals surface area contributed by atoms with Crippen molar-refractivity contribution >= 4 is 17.0 Å². The van der Waals surface area contributed by atoms with Gasteiger partial charge >= 0.3 is 0 Å². The Kier molecular flexibility index (Phi) is 4.24. The van der Waals surface area contributed by atoms with Crippen molar-refractivity contribution in [3.8, 4) is 0 Å². The fourth-order valence-electron chi connectivity index (χ4n) is 2.67. The highest BCUT2D eigenvalue weighted by Crippen LogP contribution is 2.28. The average Bonchev–Trinajstić information content (AvgIpc) is 2.71. The van der Waals surface area contributed by atoms with Gasteiger partial charge in [-0.15, -0.1) is 0 Å². The van der Waals surface area contributed by atoms with Gasteiger partial charge in [0.05, 0.1) is 0 Å². The molecule has 0 saturated carbocycles. The van der Waals surface area contributed by atoms with E-state index in [1.54, 1.807) is 0 Å². The summed E-state index contributed by atoms with van der Waals surface area (Å²) in [6.07, 6.45) is 7.93. The van der Waals surface area contributed by atoms with Gasteiger partial charge in [-0.1, -0.05) is 51.1 Å². The van der Waals surface area contributed by atoms with Crippen molar-refractivity contribution in [2.24, 2.45) is 0 Å².